The second-order valence-electron chi connectivity index (χ2n) is 4.18. The molecule has 0 atom stereocenters. The van der Waals surface area contributed by atoms with Crippen LogP contribution in [-0.2, 0) is 6.18 Å². The lowest BCUT2D eigenvalue weighted by atomic mass is 10.2. The Morgan fingerprint density at radius 3 is 2.71 bits per heavy atom. The minimum Gasteiger partial charge on any atom is -0.474 e. The largest absolute Gasteiger partial charge is 0.474 e. The minimum absolute atomic E-state index is 0.114. The smallest absolute Gasteiger partial charge is 0.417 e. The number of pyridine rings is 1. The summed E-state index contributed by atoms with van der Waals surface area (Å²) < 4.78 is 43.0. The third-order valence-electron chi connectivity index (χ3n) is 2.66. The van der Waals surface area contributed by atoms with Crippen molar-refractivity contribution in [3.8, 4) is 5.88 Å². The summed E-state index contributed by atoms with van der Waals surface area (Å²) in [6.45, 7) is 4.88. The summed E-state index contributed by atoms with van der Waals surface area (Å²) in [5.74, 6) is 0.276. The minimum atomic E-state index is -4.37. The van der Waals surface area contributed by atoms with Gasteiger partial charge in [-0.2, -0.15) is 13.2 Å². The first kappa shape index (κ1) is 12.0. The van der Waals surface area contributed by atoms with E-state index in [0.29, 0.717) is 18.8 Å². The highest BCUT2D eigenvalue weighted by Crippen LogP contribution is 2.37. The Morgan fingerprint density at radius 1 is 1.41 bits per heavy atom. The van der Waals surface area contributed by atoms with Crippen LogP contribution in [0.4, 0.5) is 18.9 Å². The van der Waals surface area contributed by atoms with Gasteiger partial charge in [-0.05, 0) is 19.9 Å². The molecule has 0 amide bonds. The summed E-state index contributed by atoms with van der Waals surface area (Å²) in [6.07, 6.45) is -3.56. The Labute approximate surface area is 97.2 Å². The van der Waals surface area contributed by atoms with Crippen molar-refractivity contribution >= 4 is 5.69 Å². The van der Waals surface area contributed by atoms with Gasteiger partial charge in [0.15, 0.2) is 0 Å². The molecular formula is C11H13F3N2O. The Hall–Kier alpha value is -1.46. The van der Waals surface area contributed by atoms with Crippen molar-refractivity contribution in [2.45, 2.75) is 26.1 Å². The molecule has 2 heterocycles. The second-order valence-corrected chi connectivity index (χ2v) is 4.18. The van der Waals surface area contributed by atoms with Crippen LogP contribution in [0.3, 0.4) is 0 Å². The molecule has 94 valence electrons. The van der Waals surface area contributed by atoms with Crippen LogP contribution in [0.1, 0.15) is 19.4 Å². The van der Waals surface area contributed by atoms with Crippen LogP contribution in [-0.4, -0.2) is 24.2 Å². The van der Waals surface area contributed by atoms with Gasteiger partial charge < -0.3 is 9.64 Å². The lowest BCUT2D eigenvalue weighted by molar-refractivity contribution is -0.137. The molecule has 0 fully saturated rings. The van der Waals surface area contributed by atoms with Crippen LogP contribution >= 0.6 is 0 Å². The summed E-state index contributed by atoms with van der Waals surface area (Å²) in [6, 6.07) is 1.21. The van der Waals surface area contributed by atoms with E-state index in [2.05, 4.69) is 4.98 Å². The number of hydrogen-bond donors (Lipinski definition) is 0. The van der Waals surface area contributed by atoms with E-state index in [0.717, 1.165) is 12.3 Å². The van der Waals surface area contributed by atoms with Crippen molar-refractivity contribution in [3.63, 3.8) is 0 Å². The molecule has 1 aliphatic rings. The van der Waals surface area contributed by atoms with Crippen LogP contribution in [0, 0.1) is 0 Å². The monoisotopic (exact) mass is 246 g/mol. The van der Waals surface area contributed by atoms with Crippen molar-refractivity contribution < 1.29 is 17.9 Å². The quantitative estimate of drug-likeness (QED) is 0.761. The molecule has 3 nitrogen and oxygen atoms in total. The van der Waals surface area contributed by atoms with Gasteiger partial charge in [0.1, 0.15) is 12.3 Å². The first-order chi connectivity index (χ1) is 7.89. The number of halogens is 3. The highest BCUT2D eigenvalue weighted by molar-refractivity contribution is 5.58. The first-order valence-corrected chi connectivity index (χ1v) is 5.36. The van der Waals surface area contributed by atoms with Crippen molar-refractivity contribution in [2.75, 3.05) is 18.1 Å². The van der Waals surface area contributed by atoms with E-state index in [4.69, 9.17) is 4.74 Å². The Kier molecular flexibility index (Phi) is 2.89. The zero-order chi connectivity index (χ0) is 12.6. The number of nitrogens with zero attached hydrogens (tertiary/aromatic N) is 2. The molecule has 1 aromatic rings. The molecule has 6 heteroatoms. The summed E-state index contributed by atoms with van der Waals surface area (Å²) in [4.78, 5) is 5.60. The normalized spacial score (nSPS) is 15.8. The average Bonchev–Trinajstić information content (AvgIpc) is 2.26. The van der Waals surface area contributed by atoms with Crippen LogP contribution in [0.15, 0.2) is 12.3 Å². The van der Waals surface area contributed by atoms with Gasteiger partial charge in [-0.25, -0.2) is 4.98 Å². The van der Waals surface area contributed by atoms with Crippen molar-refractivity contribution in [3.05, 3.63) is 17.8 Å². The summed E-state index contributed by atoms with van der Waals surface area (Å²) >= 11 is 0. The summed E-state index contributed by atoms with van der Waals surface area (Å²) in [5, 5.41) is 0. The number of alkyl halides is 3. The van der Waals surface area contributed by atoms with E-state index in [1.165, 1.54) is 0 Å². The number of rotatable bonds is 1. The highest BCUT2D eigenvalue weighted by Gasteiger charge is 2.33. The van der Waals surface area contributed by atoms with Gasteiger partial charge in [0, 0.05) is 12.2 Å². The molecule has 0 bridgehead atoms. The zero-order valence-corrected chi connectivity index (χ0v) is 9.58. The van der Waals surface area contributed by atoms with E-state index in [1.807, 2.05) is 18.7 Å². The topological polar surface area (TPSA) is 25.4 Å². The van der Waals surface area contributed by atoms with Gasteiger partial charge in [0.25, 0.3) is 0 Å². The molecule has 0 unspecified atom stereocenters. The van der Waals surface area contributed by atoms with Gasteiger partial charge >= 0.3 is 6.18 Å². The maximum absolute atomic E-state index is 12.6. The lowest BCUT2D eigenvalue weighted by Gasteiger charge is -2.33. The number of hydrogen-bond acceptors (Lipinski definition) is 3. The average molecular weight is 246 g/mol. The maximum atomic E-state index is 12.6. The van der Waals surface area contributed by atoms with E-state index in [-0.39, 0.29) is 11.9 Å². The van der Waals surface area contributed by atoms with Gasteiger partial charge in [0.2, 0.25) is 5.88 Å². The van der Waals surface area contributed by atoms with Crippen LogP contribution in [0.2, 0.25) is 0 Å². The summed E-state index contributed by atoms with van der Waals surface area (Å²) in [5.41, 5.74) is -0.325. The zero-order valence-electron chi connectivity index (χ0n) is 9.58. The SMILES string of the molecule is CC(C)N1CCOc2ncc(C(F)(F)F)cc21. The van der Waals surface area contributed by atoms with Crippen LogP contribution in [0.25, 0.3) is 0 Å². The maximum Gasteiger partial charge on any atom is 0.417 e. The van der Waals surface area contributed by atoms with E-state index in [1.54, 1.807) is 0 Å². The lowest BCUT2D eigenvalue weighted by Crippen LogP contribution is -2.38. The fourth-order valence-electron chi connectivity index (χ4n) is 1.81. The Bertz CT molecular complexity index is 418. The van der Waals surface area contributed by atoms with E-state index >= 15 is 0 Å². The molecule has 0 aromatic carbocycles. The molecule has 0 saturated carbocycles. The molecular weight excluding hydrogens is 233 g/mol. The van der Waals surface area contributed by atoms with Crippen molar-refractivity contribution in [1.29, 1.82) is 0 Å². The van der Waals surface area contributed by atoms with Crippen LogP contribution < -0.4 is 9.64 Å². The molecule has 0 radical (unpaired) electrons. The molecule has 17 heavy (non-hydrogen) atoms. The van der Waals surface area contributed by atoms with Gasteiger partial charge in [-0.3, -0.25) is 0 Å². The molecule has 1 aliphatic heterocycles. The Morgan fingerprint density at radius 2 is 2.12 bits per heavy atom. The Balaban J connectivity index is 2.44. The summed E-state index contributed by atoms with van der Waals surface area (Å²) in [7, 11) is 0. The van der Waals surface area contributed by atoms with E-state index < -0.39 is 11.7 Å². The van der Waals surface area contributed by atoms with E-state index in [9.17, 15) is 13.2 Å². The van der Waals surface area contributed by atoms with Gasteiger partial charge in [-0.1, -0.05) is 0 Å². The predicted molar refractivity (Wildman–Crippen MR) is 57.2 cm³/mol. The fraction of sp³-hybridized carbons (Fsp3) is 0.545. The highest BCUT2D eigenvalue weighted by atomic mass is 19.4. The molecule has 0 aliphatic carbocycles. The number of anilines is 1. The fourth-order valence-corrected chi connectivity index (χ4v) is 1.81. The molecule has 2 rings (SSSR count). The molecule has 0 spiro atoms. The number of aromatic nitrogens is 1. The first-order valence-electron chi connectivity index (χ1n) is 5.36. The second kappa shape index (κ2) is 4.09. The third kappa shape index (κ3) is 2.30. The van der Waals surface area contributed by atoms with Gasteiger partial charge in [0.05, 0.1) is 12.1 Å². The number of ether oxygens (including phenoxy) is 1. The van der Waals surface area contributed by atoms with Crippen LogP contribution in [0.5, 0.6) is 5.88 Å². The molecule has 0 saturated heterocycles. The number of fused-ring (bicyclic) bond motifs is 1. The standard InChI is InChI=1S/C11H13F3N2O/c1-7(2)16-3-4-17-10-9(16)5-8(6-15-10)11(12,13)14/h5-7H,3-4H2,1-2H3. The van der Waals surface area contributed by atoms with Crippen molar-refractivity contribution in [1.82, 2.24) is 4.98 Å². The molecule has 1 aromatic heterocycles. The molecule has 0 N–H and O–H groups in total. The van der Waals surface area contributed by atoms with Gasteiger partial charge in [-0.15, -0.1) is 0 Å². The predicted octanol–water partition coefficient (Wildman–Crippen LogP) is 2.71. The van der Waals surface area contributed by atoms with Crippen molar-refractivity contribution in [2.24, 2.45) is 0 Å². The third-order valence-corrected chi connectivity index (χ3v) is 2.66.